The van der Waals surface area contributed by atoms with Crippen LogP contribution >= 0.6 is 15.9 Å². The first-order valence-corrected chi connectivity index (χ1v) is 7.12. The fourth-order valence-electron chi connectivity index (χ4n) is 2.46. The number of hydrogen-bond donors (Lipinski definition) is 1. The van der Waals surface area contributed by atoms with Crippen LogP contribution in [0.25, 0.3) is 0 Å². The fourth-order valence-corrected chi connectivity index (χ4v) is 2.94. The number of piperidine rings is 1. The van der Waals surface area contributed by atoms with Gasteiger partial charge in [-0.1, -0.05) is 22.9 Å². The van der Waals surface area contributed by atoms with Gasteiger partial charge in [-0.25, -0.2) is 4.79 Å². The number of rotatable bonds is 3. The Kier molecular flexibility index (Phi) is 4.47. The third-order valence-corrected chi connectivity index (χ3v) is 4.14. The first-order chi connectivity index (χ1) is 9.01. The van der Waals surface area contributed by atoms with Crippen molar-refractivity contribution in [2.24, 2.45) is 5.92 Å². The van der Waals surface area contributed by atoms with Gasteiger partial charge in [-0.15, -0.1) is 0 Å². The van der Waals surface area contributed by atoms with Gasteiger partial charge in [0.2, 0.25) is 0 Å². The molecule has 2 rings (SSSR count). The Balaban J connectivity index is 2.24. The average molecular weight is 328 g/mol. The normalized spacial score (nSPS) is 23.4. The number of benzene rings is 1. The monoisotopic (exact) mass is 327 g/mol. The van der Waals surface area contributed by atoms with Crippen LogP contribution < -0.4 is 4.90 Å². The molecule has 1 aromatic carbocycles. The molecule has 1 heterocycles. The summed E-state index contributed by atoms with van der Waals surface area (Å²) >= 11 is 3.37. The lowest BCUT2D eigenvalue weighted by Gasteiger charge is -2.37. The lowest BCUT2D eigenvalue weighted by Crippen LogP contribution is -2.44. The molecule has 0 radical (unpaired) electrons. The number of ether oxygens (including phenoxy) is 1. The number of aromatic carboxylic acids is 1. The zero-order valence-corrected chi connectivity index (χ0v) is 12.7. The Bertz CT molecular complexity index is 478. The van der Waals surface area contributed by atoms with Crippen LogP contribution in [0.15, 0.2) is 22.7 Å². The zero-order valence-electron chi connectivity index (χ0n) is 11.1. The van der Waals surface area contributed by atoms with E-state index in [-0.39, 0.29) is 6.10 Å². The van der Waals surface area contributed by atoms with Crippen molar-refractivity contribution in [3.05, 3.63) is 28.2 Å². The second-order valence-electron chi connectivity index (χ2n) is 4.99. The molecule has 1 aliphatic heterocycles. The highest BCUT2D eigenvalue weighted by molar-refractivity contribution is 9.10. The molecular formula is C14H18BrNO3. The summed E-state index contributed by atoms with van der Waals surface area (Å²) in [4.78, 5) is 13.3. The zero-order chi connectivity index (χ0) is 14.0. The van der Waals surface area contributed by atoms with Gasteiger partial charge in [0.1, 0.15) is 0 Å². The van der Waals surface area contributed by atoms with E-state index in [9.17, 15) is 4.79 Å². The SMILES string of the molecule is COC1CN(c2cc(Br)cc(C(=O)O)c2)CCC1C. The van der Waals surface area contributed by atoms with E-state index >= 15 is 0 Å². The molecule has 0 aromatic heterocycles. The standard InChI is InChI=1S/C14H18BrNO3/c1-9-3-4-16(8-13(9)19-2)12-6-10(14(17)18)5-11(15)7-12/h5-7,9,13H,3-4,8H2,1-2H3,(H,17,18). The third-order valence-electron chi connectivity index (χ3n) is 3.69. The molecule has 0 aliphatic carbocycles. The van der Waals surface area contributed by atoms with E-state index in [2.05, 4.69) is 27.8 Å². The number of nitrogens with zero attached hydrogens (tertiary/aromatic N) is 1. The van der Waals surface area contributed by atoms with Gasteiger partial charge in [0.05, 0.1) is 11.7 Å². The van der Waals surface area contributed by atoms with Gasteiger partial charge in [-0.2, -0.15) is 0 Å². The molecule has 0 saturated carbocycles. The number of carboxylic acids is 1. The molecule has 1 aromatic rings. The van der Waals surface area contributed by atoms with Crippen molar-refractivity contribution in [2.75, 3.05) is 25.1 Å². The summed E-state index contributed by atoms with van der Waals surface area (Å²) in [6.07, 6.45) is 1.24. The molecule has 0 bridgehead atoms. The van der Waals surface area contributed by atoms with Crippen LogP contribution in [-0.2, 0) is 4.74 Å². The van der Waals surface area contributed by atoms with Crippen LogP contribution in [0, 0.1) is 5.92 Å². The molecule has 0 amide bonds. The minimum absolute atomic E-state index is 0.195. The second kappa shape index (κ2) is 5.92. The van der Waals surface area contributed by atoms with Gasteiger partial charge < -0.3 is 14.7 Å². The summed E-state index contributed by atoms with van der Waals surface area (Å²) in [7, 11) is 1.73. The smallest absolute Gasteiger partial charge is 0.335 e. The summed E-state index contributed by atoms with van der Waals surface area (Å²) in [5, 5.41) is 9.11. The molecule has 19 heavy (non-hydrogen) atoms. The molecular weight excluding hydrogens is 310 g/mol. The Morgan fingerprint density at radius 3 is 2.84 bits per heavy atom. The van der Waals surface area contributed by atoms with E-state index in [0.717, 1.165) is 29.7 Å². The predicted molar refractivity (Wildman–Crippen MR) is 77.9 cm³/mol. The predicted octanol–water partition coefficient (Wildman–Crippen LogP) is 3.01. The highest BCUT2D eigenvalue weighted by Gasteiger charge is 2.26. The molecule has 1 fully saturated rings. The fraction of sp³-hybridized carbons (Fsp3) is 0.500. The summed E-state index contributed by atoms with van der Waals surface area (Å²) in [5.74, 6) is -0.372. The molecule has 2 unspecified atom stereocenters. The molecule has 104 valence electrons. The summed E-state index contributed by atoms with van der Waals surface area (Å²) < 4.78 is 6.28. The van der Waals surface area contributed by atoms with Gasteiger partial charge in [0.25, 0.3) is 0 Å². The maximum Gasteiger partial charge on any atom is 0.335 e. The number of methoxy groups -OCH3 is 1. The van der Waals surface area contributed by atoms with Crippen molar-refractivity contribution in [1.29, 1.82) is 0 Å². The van der Waals surface area contributed by atoms with Crippen LogP contribution in [0.1, 0.15) is 23.7 Å². The van der Waals surface area contributed by atoms with Gasteiger partial charge in [-0.05, 0) is 30.5 Å². The summed E-state index contributed by atoms with van der Waals surface area (Å²) in [5.41, 5.74) is 1.23. The van der Waals surface area contributed by atoms with Gasteiger partial charge >= 0.3 is 5.97 Å². The van der Waals surface area contributed by atoms with E-state index in [4.69, 9.17) is 9.84 Å². The highest BCUT2D eigenvalue weighted by atomic mass is 79.9. The largest absolute Gasteiger partial charge is 0.478 e. The lowest BCUT2D eigenvalue weighted by atomic mass is 9.95. The number of anilines is 1. The molecule has 5 heteroatoms. The maximum atomic E-state index is 11.1. The minimum atomic E-state index is -0.906. The number of carbonyl (C=O) groups is 1. The number of hydrogen-bond acceptors (Lipinski definition) is 3. The molecule has 2 atom stereocenters. The second-order valence-corrected chi connectivity index (χ2v) is 5.91. The average Bonchev–Trinajstić information content (AvgIpc) is 2.38. The van der Waals surface area contributed by atoms with Crippen molar-refractivity contribution in [3.63, 3.8) is 0 Å². The van der Waals surface area contributed by atoms with E-state index in [0.29, 0.717) is 11.5 Å². The van der Waals surface area contributed by atoms with Gasteiger partial charge in [0.15, 0.2) is 0 Å². The van der Waals surface area contributed by atoms with Crippen molar-refractivity contribution in [2.45, 2.75) is 19.4 Å². The minimum Gasteiger partial charge on any atom is -0.478 e. The Morgan fingerprint density at radius 2 is 2.21 bits per heavy atom. The number of halogens is 1. The van der Waals surface area contributed by atoms with Crippen molar-refractivity contribution >= 4 is 27.6 Å². The third kappa shape index (κ3) is 3.28. The van der Waals surface area contributed by atoms with Crippen LogP contribution in [0.2, 0.25) is 0 Å². The Morgan fingerprint density at radius 1 is 1.47 bits per heavy atom. The quantitative estimate of drug-likeness (QED) is 0.927. The van der Waals surface area contributed by atoms with E-state index in [1.165, 1.54) is 0 Å². The van der Waals surface area contributed by atoms with E-state index in [1.807, 2.05) is 6.07 Å². The number of carboxylic acid groups (broad SMARTS) is 1. The molecule has 1 aliphatic rings. The lowest BCUT2D eigenvalue weighted by molar-refractivity contribution is 0.0498. The first-order valence-electron chi connectivity index (χ1n) is 6.33. The topological polar surface area (TPSA) is 49.8 Å². The summed E-state index contributed by atoms with van der Waals surface area (Å²) in [6.45, 7) is 3.92. The van der Waals surface area contributed by atoms with Crippen LogP contribution in [0.3, 0.4) is 0 Å². The van der Waals surface area contributed by atoms with E-state index in [1.54, 1.807) is 19.2 Å². The van der Waals surface area contributed by atoms with Crippen molar-refractivity contribution in [3.8, 4) is 0 Å². The van der Waals surface area contributed by atoms with Crippen LogP contribution in [0.5, 0.6) is 0 Å². The molecule has 4 nitrogen and oxygen atoms in total. The van der Waals surface area contributed by atoms with Crippen molar-refractivity contribution in [1.82, 2.24) is 0 Å². The highest BCUT2D eigenvalue weighted by Crippen LogP contribution is 2.28. The first kappa shape index (κ1) is 14.3. The van der Waals surface area contributed by atoms with Crippen molar-refractivity contribution < 1.29 is 14.6 Å². The van der Waals surface area contributed by atoms with E-state index < -0.39 is 5.97 Å². The molecule has 1 saturated heterocycles. The molecule has 0 spiro atoms. The summed E-state index contributed by atoms with van der Waals surface area (Å²) in [6, 6.07) is 5.29. The van der Waals surface area contributed by atoms with Gasteiger partial charge in [0, 0.05) is 30.4 Å². The van der Waals surface area contributed by atoms with Crippen LogP contribution in [-0.4, -0.2) is 37.4 Å². The maximum absolute atomic E-state index is 11.1. The molecule has 1 N–H and O–H groups in total. The van der Waals surface area contributed by atoms with Gasteiger partial charge in [-0.3, -0.25) is 0 Å². The van der Waals surface area contributed by atoms with Crippen LogP contribution in [0.4, 0.5) is 5.69 Å². The Labute approximate surface area is 121 Å². The Hall–Kier alpha value is -1.07.